The quantitative estimate of drug-likeness (QED) is 0.906. The Bertz CT molecular complexity index is 665. The molecule has 1 aliphatic carbocycles. The van der Waals surface area contributed by atoms with Gasteiger partial charge in [0.05, 0.1) is 17.8 Å². The van der Waals surface area contributed by atoms with E-state index in [1.165, 1.54) is 43.9 Å². The van der Waals surface area contributed by atoms with Gasteiger partial charge >= 0.3 is 0 Å². The Morgan fingerprint density at radius 2 is 2.05 bits per heavy atom. The minimum absolute atomic E-state index is 0.0394. The van der Waals surface area contributed by atoms with Gasteiger partial charge < -0.3 is 10.2 Å². The largest absolute Gasteiger partial charge is 0.326 e. The number of hydrogen-bond donors (Lipinski definition) is 1. The highest BCUT2D eigenvalue weighted by atomic mass is 32.2. The Hall–Kier alpha value is -1.75. The summed E-state index contributed by atoms with van der Waals surface area (Å²) in [5.74, 6) is -0.0394. The van der Waals surface area contributed by atoms with E-state index in [1.54, 1.807) is 11.8 Å². The van der Waals surface area contributed by atoms with E-state index in [-0.39, 0.29) is 5.91 Å². The van der Waals surface area contributed by atoms with Crippen LogP contribution in [0.3, 0.4) is 0 Å². The molecule has 0 unspecified atom stereocenters. The fourth-order valence-corrected chi connectivity index (χ4v) is 4.57. The first-order chi connectivity index (χ1) is 10.7. The summed E-state index contributed by atoms with van der Waals surface area (Å²) >= 11 is 1.74. The lowest BCUT2D eigenvalue weighted by Crippen LogP contribution is -2.38. The minimum atomic E-state index is -0.0394. The fraction of sp³-hybridized carbons (Fsp3) is 0.412. The van der Waals surface area contributed by atoms with E-state index in [1.807, 2.05) is 12.1 Å². The number of thioether (sulfide) groups is 1. The van der Waals surface area contributed by atoms with Crippen molar-refractivity contribution in [1.82, 2.24) is 4.90 Å². The van der Waals surface area contributed by atoms with Crippen molar-refractivity contribution in [1.29, 1.82) is 0 Å². The number of amidine groups is 1. The second-order valence-corrected chi connectivity index (χ2v) is 6.92. The predicted octanol–water partition coefficient (Wildman–Crippen LogP) is 3.67. The molecule has 1 fully saturated rings. The van der Waals surface area contributed by atoms with Crippen LogP contribution in [0.5, 0.6) is 0 Å². The Balaban J connectivity index is 1.58. The fourth-order valence-electron chi connectivity index (χ4n) is 3.56. The number of nitrogens with zero attached hydrogens (tertiary/aromatic N) is 2. The van der Waals surface area contributed by atoms with Gasteiger partial charge in [-0.2, -0.15) is 0 Å². The molecular formula is C17H19N3OS. The summed E-state index contributed by atoms with van der Waals surface area (Å²) in [6.07, 6.45) is 5.07. The van der Waals surface area contributed by atoms with Gasteiger partial charge in [-0.3, -0.25) is 9.79 Å². The molecule has 0 bridgehead atoms. The third kappa shape index (κ3) is 2.33. The summed E-state index contributed by atoms with van der Waals surface area (Å²) in [5, 5.41) is 6.18. The molecule has 2 heterocycles. The van der Waals surface area contributed by atoms with Crippen molar-refractivity contribution in [2.45, 2.75) is 44.7 Å². The molecule has 1 aromatic rings. The Morgan fingerprint density at radius 3 is 2.82 bits per heavy atom. The van der Waals surface area contributed by atoms with Crippen molar-refractivity contribution in [3.8, 4) is 0 Å². The second kappa shape index (κ2) is 5.47. The van der Waals surface area contributed by atoms with Gasteiger partial charge in [0, 0.05) is 18.0 Å². The maximum absolute atomic E-state index is 11.1. The van der Waals surface area contributed by atoms with Crippen LogP contribution in [0.25, 0.3) is 5.70 Å². The van der Waals surface area contributed by atoms with E-state index in [9.17, 15) is 4.79 Å². The topological polar surface area (TPSA) is 44.7 Å². The summed E-state index contributed by atoms with van der Waals surface area (Å²) in [5.41, 5.74) is 3.29. The molecule has 0 saturated heterocycles. The predicted molar refractivity (Wildman–Crippen MR) is 91.6 cm³/mol. The molecule has 5 heteroatoms. The number of carbonyl (C=O) groups excluding carboxylic acids is 1. The van der Waals surface area contributed by atoms with Crippen molar-refractivity contribution in [2.24, 2.45) is 4.99 Å². The smallest absolute Gasteiger partial charge is 0.221 e. The maximum atomic E-state index is 11.1. The minimum Gasteiger partial charge on any atom is -0.326 e. The summed E-state index contributed by atoms with van der Waals surface area (Å²) in [6, 6.07) is 9.11. The van der Waals surface area contributed by atoms with Gasteiger partial charge in [0.2, 0.25) is 5.91 Å². The summed E-state index contributed by atoms with van der Waals surface area (Å²) in [4.78, 5) is 18.4. The number of nitrogens with one attached hydrogen (secondary N) is 1. The van der Waals surface area contributed by atoms with Crippen LogP contribution in [-0.4, -0.2) is 28.1 Å². The van der Waals surface area contributed by atoms with Crippen LogP contribution in [0.2, 0.25) is 0 Å². The van der Waals surface area contributed by atoms with E-state index >= 15 is 0 Å². The van der Waals surface area contributed by atoms with Crippen LogP contribution in [-0.2, 0) is 4.79 Å². The molecule has 0 spiro atoms. The molecule has 2 aliphatic heterocycles. The number of aliphatic imine (C=N–C) groups is 1. The SMILES string of the molecule is CC(=O)Nc1ccc(C2=CSC3=N[C@H]4CCCC[C@@H]4N23)cc1. The van der Waals surface area contributed by atoms with Crippen molar-refractivity contribution in [3.63, 3.8) is 0 Å². The lowest BCUT2D eigenvalue weighted by Gasteiger charge is -2.32. The average molecular weight is 313 g/mol. The van der Waals surface area contributed by atoms with Crippen LogP contribution < -0.4 is 5.32 Å². The zero-order valence-corrected chi connectivity index (χ0v) is 13.4. The van der Waals surface area contributed by atoms with Gasteiger partial charge in [0.1, 0.15) is 0 Å². The summed E-state index contributed by atoms with van der Waals surface area (Å²) in [7, 11) is 0. The third-order valence-electron chi connectivity index (χ3n) is 4.54. The van der Waals surface area contributed by atoms with Crippen molar-refractivity contribution in [2.75, 3.05) is 5.32 Å². The molecule has 4 rings (SSSR count). The monoisotopic (exact) mass is 313 g/mol. The first kappa shape index (κ1) is 13.9. The highest BCUT2D eigenvalue weighted by molar-refractivity contribution is 8.16. The van der Waals surface area contributed by atoms with Crippen molar-refractivity contribution in [3.05, 3.63) is 35.2 Å². The van der Waals surface area contributed by atoms with E-state index < -0.39 is 0 Å². The van der Waals surface area contributed by atoms with Crippen molar-refractivity contribution >= 4 is 34.2 Å². The van der Waals surface area contributed by atoms with Crippen LogP contribution >= 0.6 is 11.8 Å². The molecule has 114 valence electrons. The zero-order valence-electron chi connectivity index (χ0n) is 12.6. The van der Waals surface area contributed by atoms with Gasteiger partial charge in [-0.1, -0.05) is 36.7 Å². The molecule has 22 heavy (non-hydrogen) atoms. The van der Waals surface area contributed by atoms with E-state index in [0.717, 1.165) is 10.9 Å². The number of fused-ring (bicyclic) bond motifs is 3. The first-order valence-corrected chi connectivity index (χ1v) is 8.72. The molecule has 1 amide bonds. The van der Waals surface area contributed by atoms with Gasteiger partial charge in [0.15, 0.2) is 5.17 Å². The van der Waals surface area contributed by atoms with Crippen LogP contribution in [0.4, 0.5) is 5.69 Å². The molecule has 3 aliphatic rings. The number of carbonyl (C=O) groups is 1. The van der Waals surface area contributed by atoms with Gasteiger partial charge in [-0.05, 0) is 30.5 Å². The van der Waals surface area contributed by atoms with Crippen LogP contribution in [0.1, 0.15) is 38.2 Å². The van der Waals surface area contributed by atoms with E-state index in [4.69, 9.17) is 4.99 Å². The molecule has 4 nitrogen and oxygen atoms in total. The molecule has 0 aromatic heterocycles. The number of rotatable bonds is 2. The molecule has 1 aromatic carbocycles. The van der Waals surface area contributed by atoms with Gasteiger partial charge in [-0.25, -0.2) is 0 Å². The van der Waals surface area contributed by atoms with Gasteiger partial charge in [-0.15, -0.1) is 0 Å². The van der Waals surface area contributed by atoms with E-state index in [2.05, 4.69) is 27.8 Å². The molecule has 0 radical (unpaired) electrons. The Labute approximate surface area is 134 Å². The van der Waals surface area contributed by atoms with Crippen LogP contribution in [0, 0.1) is 0 Å². The third-order valence-corrected chi connectivity index (χ3v) is 5.40. The highest BCUT2D eigenvalue weighted by Crippen LogP contribution is 2.44. The molecule has 1 saturated carbocycles. The normalized spacial score (nSPS) is 26.1. The highest BCUT2D eigenvalue weighted by Gasteiger charge is 2.41. The number of hydrogen-bond acceptors (Lipinski definition) is 4. The summed E-state index contributed by atoms with van der Waals surface area (Å²) in [6.45, 7) is 1.53. The molecule has 1 N–H and O–H groups in total. The summed E-state index contributed by atoms with van der Waals surface area (Å²) < 4.78 is 0. The second-order valence-electron chi connectivity index (χ2n) is 6.08. The van der Waals surface area contributed by atoms with Crippen LogP contribution in [0.15, 0.2) is 34.7 Å². The molecule has 2 atom stereocenters. The number of amides is 1. The lowest BCUT2D eigenvalue weighted by molar-refractivity contribution is -0.114. The van der Waals surface area contributed by atoms with Crippen molar-refractivity contribution < 1.29 is 4.79 Å². The first-order valence-electron chi connectivity index (χ1n) is 7.84. The standard InChI is InChI=1S/C17H19N3OS/c1-11(21)18-13-8-6-12(7-9-13)16-10-22-17-19-14-4-2-3-5-15(14)20(16)17/h6-10,14-15H,2-5H2,1H3,(H,18,21)/t14-,15-/m0/s1. The lowest BCUT2D eigenvalue weighted by atomic mass is 9.90. The zero-order chi connectivity index (χ0) is 15.1. The number of anilines is 1. The maximum Gasteiger partial charge on any atom is 0.221 e. The van der Waals surface area contributed by atoms with Gasteiger partial charge in [0.25, 0.3) is 0 Å². The Morgan fingerprint density at radius 1 is 1.27 bits per heavy atom. The Kier molecular flexibility index (Phi) is 3.45. The van der Waals surface area contributed by atoms with E-state index in [0.29, 0.717) is 12.1 Å². The number of benzene rings is 1. The average Bonchev–Trinajstić information content (AvgIpc) is 3.06. The molecular weight excluding hydrogens is 294 g/mol.